The van der Waals surface area contributed by atoms with Crippen LogP contribution in [0.2, 0.25) is 0 Å². The number of carbonyl (C=O) groups excluding carboxylic acids is 2. The van der Waals surface area contributed by atoms with Crippen LogP contribution in [0, 0.1) is 0 Å². The molecule has 1 atom stereocenters. The average molecular weight is 471 g/mol. The molecule has 0 aromatic carbocycles. The van der Waals surface area contributed by atoms with E-state index in [9.17, 15) is 9.59 Å². The second-order valence-electron chi connectivity index (χ2n) is 7.63. The lowest BCUT2D eigenvalue weighted by molar-refractivity contribution is -0.139. The molecule has 30 heavy (non-hydrogen) atoms. The summed E-state index contributed by atoms with van der Waals surface area (Å²) in [5.74, 6) is -0.280. The van der Waals surface area contributed by atoms with Crippen LogP contribution < -0.4 is 5.32 Å². The first-order valence-electron chi connectivity index (χ1n) is 10.3. The first-order chi connectivity index (χ1) is 14.3. The van der Waals surface area contributed by atoms with Gasteiger partial charge in [0, 0.05) is 23.5 Å². The van der Waals surface area contributed by atoms with E-state index in [0.717, 1.165) is 36.8 Å². The number of rotatable bonds is 12. The maximum Gasteiger partial charge on any atom is 0.247 e. The summed E-state index contributed by atoms with van der Waals surface area (Å²) in [6, 6.07) is -0.686. The number of hydrogen-bond acceptors (Lipinski definition) is 2. The van der Waals surface area contributed by atoms with Crippen molar-refractivity contribution in [3.05, 3.63) is 84.0 Å². The van der Waals surface area contributed by atoms with Crippen LogP contribution in [-0.4, -0.2) is 35.3 Å². The lowest BCUT2D eigenvalue weighted by atomic mass is 10.0. The molecule has 1 unspecified atom stereocenters. The number of halogens is 1. The second-order valence-corrected chi connectivity index (χ2v) is 8.65. The van der Waals surface area contributed by atoms with Gasteiger partial charge in [-0.15, -0.1) is 0 Å². The molecule has 0 heterocycles. The fourth-order valence-electron chi connectivity index (χ4n) is 3.26. The number of allylic oxidation sites excluding steroid dienone is 6. The Labute approximate surface area is 188 Å². The Morgan fingerprint density at radius 2 is 1.93 bits per heavy atom. The molecule has 160 valence electrons. The summed E-state index contributed by atoms with van der Waals surface area (Å²) in [4.78, 5) is 28.0. The highest BCUT2D eigenvalue weighted by Crippen LogP contribution is 2.32. The summed E-state index contributed by atoms with van der Waals surface area (Å²) in [7, 11) is 0. The van der Waals surface area contributed by atoms with Gasteiger partial charge in [0.25, 0.3) is 0 Å². The fraction of sp³-hybridized carbons (Fsp3) is 0.360. The van der Waals surface area contributed by atoms with E-state index in [4.69, 9.17) is 0 Å². The summed E-state index contributed by atoms with van der Waals surface area (Å²) in [5.41, 5.74) is 2.45. The van der Waals surface area contributed by atoms with Gasteiger partial charge in [-0.25, -0.2) is 0 Å². The number of nitrogens with zero attached hydrogens (tertiary/aromatic N) is 1. The van der Waals surface area contributed by atoms with Crippen LogP contribution in [0.1, 0.15) is 38.5 Å². The van der Waals surface area contributed by atoms with E-state index in [1.807, 2.05) is 6.08 Å². The van der Waals surface area contributed by atoms with Crippen molar-refractivity contribution >= 4 is 27.7 Å². The maximum atomic E-state index is 13.2. The van der Waals surface area contributed by atoms with Gasteiger partial charge >= 0.3 is 0 Å². The Balaban J connectivity index is 2.20. The molecule has 4 nitrogen and oxygen atoms in total. The molecule has 1 saturated carbocycles. The van der Waals surface area contributed by atoms with Crippen LogP contribution in [0.15, 0.2) is 84.0 Å². The molecule has 1 N–H and O–H groups in total. The molecule has 0 aromatic heterocycles. The van der Waals surface area contributed by atoms with Gasteiger partial charge in [-0.05, 0) is 49.3 Å². The molecule has 0 spiro atoms. The van der Waals surface area contributed by atoms with E-state index < -0.39 is 6.04 Å². The lowest BCUT2D eigenvalue weighted by Crippen LogP contribution is -2.51. The van der Waals surface area contributed by atoms with E-state index in [1.54, 1.807) is 23.1 Å². The quantitative estimate of drug-likeness (QED) is 0.394. The molecule has 2 amide bonds. The van der Waals surface area contributed by atoms with Crippen molar-refractivity contribution in [2.45, 2.75) is 50.6 Å². The lowest BCUT2D eigenvalue weighted by Gasteiger charge is -2.32. The van der Waals surface area contributed by atoms with Crippen LogP contribution in [-0.2, 0) is 9.59 Å². The van der Waals surface area contributed by atoms with E-state index in [-0.39, 0.29) is 17.9 Å². The van der Waals surface area contributed by atoms with Gasteiger partial charge in [0.2, 0.25) is 11.8 Å². The van der Waals surface area contributed by atoms with Crippen LogP contribution in [0.25, 0.3) is 0 Å². The van der Waals surface area contributed by atoms with E-state index >= 15 is 0 Å². The third-order valence-corrected chi connectivity index (χ3v) is 5.34. The van der Waals surface area contributed by atoms with Crippen molar-refractivity contribution in [3.8, 4) is 0 Å². The predicted molar refractivity (Wildman–Crippen MR) is 128 cm³/mol. The molecule has 2 aliphatic rings. The van der Waals surface area contributed by atoms with E-state index in [2.05, 4.69) is 59.7 Å². The van der Waals surface area contributed by atoms with E-state index in [1.165, 1.54) is 0 Å². The highest BCUT2D eigenvalue weighted by atomic mass is 79.9. The normalized spacial score (nSPS) is 16.5. The van der Waals surface area contributed by atoms with Gasteiger partial charge in [0.05, 0.1) is 0 Å². The summed E-state index contributed by atoms with van der Waals surface area (Å²) >= 11 is 3.29. The summed E-state index contributed by atoms with van der Waals surface area (Å²) in [6.07, 6.45) is 16.0. The second kappa shape index (κ2) is 11.7. The van der Waals surface area contributed by atoms with Crippen LogP contribution >= 0.6 is 15.9 Å². The molecule has 0 radical (unpaired) electrons. The Bertz CT molecular complexity index is 815. The van der Waals surface area contributed by atoms with Gasteiger partial charge in [-0.2, -0.15) is 0 Å². The van der Waals surface area contributed by atoms with Gasteiger partial charge in [-0.3, -0.25) is 9.59 Å². The molecule has 5 heteroatoms. The van der Waals surface area contributed by atoms with Gasteiger partial charge in [-0.1, -0.05) is 78.2 Å². The zero-order valence-corrected chi connectivity index (χ0v) is 19.1. The molecular formula is C25H31BrN2O2. The molecule has 2 aliphatic carbocycles. The van der Waals surface area contributed by atoms with Crippen LogP contribution in [0.3, 0.4) is 0 Å². The number of hydrogen-bond donors (Lipinski definition) is 1. The van der Waals surface area contributed by atoms with Crippen LogP contribution in [0.4, 0.5) is 0 Å². The Morgan fingerprint density at radius 3 is 2.50 bits per heavy atom. The molecule has 0 bridgehead atoms. The molecule has 0 aromatic rings. The minimum atomic E-state index is -0.752. The maximum absolute atomic E-state index is 13.2. The molecular weight excluding hydrogens is 440 g/mol. The highest BCUT2D eigenvalue weighted by molar-refractivity contribution is 9.11. The third kappa shape index (κ3) is 7.45. The largest absolute Gasteiger partial charge is 0.350 e. The van der Waals surface area contributed by atoms with Crippen molar-refractivity contribution in [1.82, 2.24) is 10.2 Å². The van der Waals surface area contributed by atoms with Crippen molar-refractivity contribution in [3.63, 3.8) is 0 Å². The monoisotopic (exact) mass is 470 g/mol. The Morgan fingerprint density at radius 1 is 1.20 bits per heavy atom. The molecule has 0 saturated heterocycles. The average Bonchev–Trinajstić information content (AvgIpc) is 3.57. The smallest absolute Gasteiger partial charge is 0.247 e. The van der Waals surface area contributed by atoms with Crippen LogP contribution in [0.5, 0.6) is 0 Å². The van der Waals surface area contributed by atoms with Crippen molar-refractivity contribution in [2.75, 3.05) is 6.54 Å². The number of carbonyl (C=O) groups is 2. The number of nitrogens with one attached hydrogen (secondary N) is 1. The minimum Gasteiger partial charge on any atom is -0.350 e. The van der Waals surface area contributed by atoms with Gasteiger partial charge in [0.15, 0.2) is 0 Å². The number of amides is 2. The van der Waals surface area contributed by atoms with Gasteiger partial charge < -0.3 is 10.2 Å². The zero-order chi connectivity index (χ0) is 22.1. The third-order valence-electron chi connectivity index (χ3n) is 5.07. The van der Waals surface area contributed by atoms with E-state index in [0.29, 0.717) is 29.4 Å². The fourth-order valence-corrected chi connectivity index (χ4v) is 3.39. The zero-order valence-electron chi connectivity index (χ0n) is 17.5. The molecule has 2 rings (SSSR count). The topological polar surface area (TPSA) is 49.4 Å². The van der Waals surface area contributed by atoms with Crippen molar-refractivity contribution in [2.24, 2.45) is 0 Å². The Hall–Kier alpha value is -2.40. The standard InChI is InChI=1S/C25H31BrN2O2/c1-5-18(2)11-16-23(29)28(22-14-15-22)24(19(3)12-13-20(4)26)25(30)27-17-21-9-7-6-8-10-21/h5,7,9-10,12-13,22,24H,1-4,6,8,11,14-17H2,(H,27,30)/b13-12-. The van der Waals surface area contributed by atoms with Crippen molar-refractivity contribution < 1.29 is 9.59 Å². The first kappa shape index (κ1) is 23.9. The predicted octanol–water partition coefficient (Wildman–Crippen LogP) is 5.28. The van der Waals surface area contributed by atoms with Gasteiger partial charge in [0.1, 0.15) is 6.04 Å². The first-order valence-corrected chi connectivity index (χ1v) is 11.1. The summed E-state index contributed by atoms with van der Waals surface area (Å²) in [6.45, 7) is 15.9. The summed E-state index contributed by atoms with van der Waals surface area (Å²) < 4.78 is 0.673. The highest BCUT2D eigenvalue weighted by Gasteiger charge is 2.40. The molecule has 1 fully saturated rings. The van der Waals surface area contributed by atoms with Crippen molar-refractivity contribution in [1.29, 1.82) is 0 Å². The molecule has 0 aliphatic heterocycles. The SMILES string of the molecule is C=CC(=C)CCC(=O)N(C1CC1)C(C(=C)/C=C\C(=C)Br)C(=O)NCC1=CCCC=C1. The summed E-state index contributed by atoms with van der Waals surface area (Å²) in [5, 5.41) is 3.00. The minimum absolute atomic E-state index is 0.0651. The Kier molecular flexibility index (Phi) is 9.31.